The predicted octanol–water partition coefficient (Wildman–Crippen LogP) is 6.88. The summed E-state index contributed by atoms with van der Waals surface area (Å²) in [4.78, 5) is 39.5. The lowest BCUT2D eigenvalue weighted by Crippen LogP contribution is -2.30. The number of nitrogens with one attached hydrogen (secondary N) is 3. The highest BCUT2D eigenvalue weighted by atomic mass is 127. The maximum atomic E-state index is 13.2. The summed E-state index contributed by atoms with van der Waals surface area (Å²) in [6, 6.07) is 25.5. The Bertz CT molecular complexity index is 1440. The normalized spacial score (nSPS) is 11.9. The van der Waals surface area contributed by atoms with Gasteiger partial charge in [0.25, 0.3) is 11.8 Å². The number of halogens is 1. The van der Waals surface area contributed by atoms with E-state index in [4.69, 9.17) is 0 Å². The molecule has 1 heterocycles. The average Bonchev–Trinajstić information content (AvgIpc) is 3.43. The number of amides is 3. The van der Waals surface area contributed by atoms with Gasteiger partial charge in [0.05, 0.1) is 5.25 Å². The number of rotatable bonds is 9. The SMILES string of the molecule is CC(Sc1cccc(NC(=O)/C(=C/c2ccsc2)NC(=O)c2ccccc2)c1)C(=O)Nc1ccc(I)cc1. The molecule has 0 aliphatic rings. The number of hydrogen-bond acceptors (Lipinski definition) is 5. The van der Waals surface area contributed by atoms with E-state index in [0.29, 0.717) is 11.3 Å². The maximum absolute atomic E-state index is 13.2. The lowest BCUT2D eigenvalue weighted by atomic mass is 10.2. The van der Waals surface area contributed by atoms with Crippen molar-refractivity contribution >= 4 is 80.9 Å². The van der Waals surface area contributed by atoms with Crippen LogP contribution < -0.4 is 16.0 Å². The number of benzene rings is 3. The molecule has 0 saturated carbocycles. The van der Waals surface area contributed by atoms with E-state index >= 15 is 0 Å². The lowest BCUT2D eigenvalue weighted by molar-refractivity contribution is -0.115. The minimum Gasteiger partial charge on any atom is -0.325 e. The maximum Gasteiger partial charge on any atom is 0.272 e. The van der Waals surface area contributed by atoms with Crippen LogP contribution in [0.4, 0.5) is 11.4 Å². The van der Waals surface area contributed by atoms with Gasteiger partial charge >= 0.3 is 0 Å². The van der Waals surface area contributed by atoms with Gasteiger partial charge in [0.15, 0.2) is 0 Å². The van der Waals surface area contributed by atoms with Crippen LogP contribution in [0.25, 0.3) is 6.08 Å². The minimum atomic E-state index is -0.452. The van der Waals surface area contributed by atoms with Gasteiger partial charge in [-0.1, -0.05) is 24.3 Å². The summed E-state index contributed by atoms with van der Waals surface area (Å²) < 4.78 is 1.09. The van der Waals surface area contributed by atoms with E-state index in [-0.39, 0.29) is 22.8 Å². The highest BCUT2D eigenvalue weighted by Crippen LogP contribution is 2.27. The largest absolute Gasteiger partial charge is 0.325 e. The minimum absolute atomic E-state index is 0.116. The molecule has 192 valence electrons. The molecule has 9 heteroatoms. The summed E-state index contributed by atoms with van der Waals surface area (Å²) in [7, 11) is 0. The summed E-state index contributed by atoms with van der Waals surface area (Å²) >= 11 is 5.10. The number of hydrogen-bond donors (Lipinski definition) is 3. The molecule has 3 N–H and O–H groups in total. The zero-order chi connectivity index (χ0) is 26.9. The van der Waals surface area contributed by atoms with E-state index in [9.17, 15) is 14.4 Å². The molecule has 3 amide bonds. The van der Waals surface area contributed by atoms with Gasteiger partial charge in [-0.05, 0) is 113 Å². The summed E-state index contributed by atoms with van der Waals surface area (Å²) in [5.41, 5.74) is 2.68. The van der Waals surface area contributed by atoms with E-state index in [0.717, 1.165) is 19.7 Å². The van der Waals surface area contributed by atoms with Gasteiger partial charge in [-0.15, -0.1) is 11.8 Å². The van der Waals surface area contributed by atoms with Gasteiger partial charge in [0.1, 0.15) is 5.70 Å². The first-order valence-corrected chi connectivity index (χ1v) is 14.5. The number of carbonyl (C=O) groups is 3. The van der Waals surface area contributed by atoms with Crippen molar-refractivity contribution < 1.29 is 14.4 Å². The molecular weight excluding hydrogens is 629 g/mol. The molecule has 1 unspecified atom stereocenters. The first-order chi connectivity index (χ1) is 18.4. The van der Waals surface area contributed by atoms with Gasteiger partial charge in [0, 0.05) is 25.4 Å². The van der Waals surface area contributed by atoms with Crippen molar-refractivity contribution in [1.29, 1.82) is 0 Å². The van der Waals surface area contributed by atoms with Crippen molar-refractivity contribution in [3.05, 3.63) is 116 Å². The van der Waals surface area contributed by atoms with Crippen LogP contribution in [0, 0.1) is 3.57 Å². The quantitative estimate of drug-likeness (QED) is 0.104. The third-order valence-corrected chi connectivity index (χ3v) is 7.78. The third-order valence-electron chi connectivity index (χ3n) is 5.27. The number of thiophene rings is 1. The molecule has 1 aromatic heterocycles. The zero-order valence-corrected chi connectivity index (χ0v) is 24.1. The second kappa shape index (κ2) is 13.4. The Balaban J connectivity index is 1.44. The van der Waals surface area contributed by atoms with Crippen LogP contribution in [0.15, 0.2) is 106 Å². The van der Waals surface area contributed by atoms with Gasteiger partial charge < -0.3 is 16.0 Å². The van der Waals surface area contributed by atoms with Crippen LogP contribution in [0.5, 0.6) is 0 Å². The molecule has 4 rings (SSSR count). The van der Waals surface area contributed by atoms with E-state index in [2.05, 4.69) is 38.5 Å². The molecule has 3 aromatic carbocycles. The molecule has 1 atom stereocenters. The van der Waals surface area contributed by atoms with Crippen LogP contribution in [0.2, 0.25) is 0 Å². The fraction of sp³-hybridized carbons (Fsp3) is 0.0690. The summed E-state index contributed by atoms with van der Waals surface area (Å²) in [6.45, 7) is 1.83. The zero-order valence-electron chi connectivity index (χ0n) is 20.3. The Morgan fingerprint density at radius 2 is 1.66 bits per heavy atom. The molecule has 0 fully saturated rings. The average molecular weight is 654 g/mol. The van der Waals surface area contributed by atoms with Crippen LogP contribution in [-0.4, -0.2) is 23.0 Å². The number of thioether (sulfide) groups is 1. The Kier molecular flexibility index (Phi) is 9.74. The first-order valence-electron chi connectivity index (χ1n) is 11.6. The molecule has 0 spiro atoms. The van der Waals surface area contributed by atoms with Crippen LogP contribution in [0.3, 0.4) is 0 Å². The van der Waals surface area contributed by atoms with Gasteiger partial charge in [-0.2, -0.15) is 11.3 Å². The molecule has 38 heavy (non-hydrogen) atoms. The smallest absolute Gasteiger partial charge is 0.272 e. The number of carbonyl (C=O) groups excluding carboxylic acids is 3. The van der Waals surface area contributed by atoms with Crippen molar-refractivity contribution in [3.8, 4) is 0 Å². The highest BCUT2D eigenvalue weighted by Gasteiger charge is 2.17. The van der Waals surface area contributed by atoms with Crippen molar-refractivity contribution in [1.82, 2.24) is 5.32 Å². The fourth-order valence-electron chi connectivity index (χ4n) is 3.35. The monoisotopic (exact) mass is 653 g/mol. The predicted molar refractivity (Wildman–Crippen MR) is 164 cm³/mol. The van der Waals surface area contributed by atoms with E-state index in [1.807, 2.05) is 66.2 Å². The van der Waals surface area contributed by atoms with E-state index in [1.54, 1.807) is 42.5 Å². The summed E-state index contributed by atoms with van der Waals surface area (Å²) in [6.07, 6.45) is 1.64. The standard InChI is InChI=1S/C29H24IN3O3S2/c1-19(27(34)31-23-12-10-22(30)11-13-23)38-25-9-5-8-24(17-25)32-29(36)26(16-20-14-15-37-18-20)33-28(35)21-6-3-2-4-7-21/h2-19H,1H3,(H,31,34)(H,32,36)(H,33,35)/b26-16-. The number of anilines is 2. The summed E-state index contributed by atoms with van der Waals surface area (Å²) in [5, 5.41) is 12.0. The van der Waals surface area contributed by atoms with Crippen molar-refractivity contribution in [3.63, 3.8) is 0 Å². The Hall–Kier alpha value is -3.41. The van der Waals surface area contributed by atoms with E-state index < -0.39 is 5.91 Å². The first kappa shape index (κ1) is 27.6. The highest BCUT2D eigenvalue weighted by molar-refractivity contribution is 14.1. The Morgan fingerprint density at radius 3 is 2.37 bits per heavy atom. The molecule has 0 bridgehead atoms. The topological polar surface area (TPSA) is 87.3 Å². The third kappa shape index (κ3) is 8.04. The molecular formula is C29H24IN3O3S2. The second-order valence-electron chi connectivity index (χ2n) is 8.17. The van der Waals surface area contributed by atoms with Crippen molar-refractivity contribution in [2.45, 2.75) is 17.1 Å². The molecule has 0 aliphatic carbocycles. The van der Waals surface area contributed by atoms with Crippen molar-refractivity contribution in [2.24, 2.45) is 0 Å². The van der Waals surface area contributed by atoms with Crippen molar-refractivity contribution in [2.75, 3.05) is 10.6 Å². The van der Waals surface area contributed by atoms with Crippen LogP contribution in [0.1, 0.15) is 22.8 Å². The van der Waals surface area contributed by atoms with Crippen LogP contribution in [-0.2, 0) is 9.59 Å². The van der Waals surface area contributed by atoms with Gasteiger partial charge in [-0.25, -0.2) is 0 Å². The molecule has 6 nitrogen and oxygen atoms in total. The van der Waals surface area contributed by atoms with Crippen LogP contribution >= 0.6 is 45.7 Å². The lowest BCUT2D eigenvalue weighted by Gasteiger charge is -2.14. The second-order valence-corrected chi connectivity index (χ2v) is 11.6. The Morgan fingerprint density at radius 1 is 0.895 bits per heavy atom. The Labute approximate surface area is 243 Å². The molecule has 4 aromatic rings. The fourth-order valence-corrected chi connectivity index (χ4v) is 5.25. The van der Waals surface area contributed by atoms with E-state index in [1.165, 1.54) is 23.1 Å². The molecule has 0 saturated heterocycles. The summed E-state index contributed by atoms with van der Waals surface area (Å²) in [5.74, 6) is -0.943. The van der Waals surface area contributed by atoms with Gasteiger partial charge in [-0.3, -0.25) is 14.4 Å². The molecule has 0 radical (unpaired) electrons. The molecule has 0 aliphatic heterocycles. The van der Waals surface area contributed by atoms with Gasteiger partial charge in [0.2, 0.25) is 5.91 Å².